The monoisotopic (exact) mass is 256 g/mol. The molecule has 2 rings (SSSR count). The van der Waals surface area contributed by atoms with Crippen LogP contribution in [0.1, 0.15) is 22.8 Å². The van der Waals surface area contributed by atoms with Gasteiger partial charge < -0.3 is 10.6 Å². The first-order chi connectivity index (χ1) is 9.26. The van der Waals surface area contributed by atoms with Crippen molar-refractivity contribution >= 4 is 11.6 Å². The number of rotatable bonds is 4. The molecule has 5 nitrogen and oxygen atoms in total. The lowest BCUT2D eigenvalue weighted by Gasteiger charge is -2.21. The molecule has 0 aliphatic rings. The van der Waals surface area contributed by atoms with E-state index in [4.69, 9.17) is 5.73 Å². The normalized spacial score (nSPS) is 10.2. The van der Waals surface area contributed by atoms with E-state index >= 15 is 0 Å². The van der Waals surface area contributed by atoms with Gasteiger partial charge in [-0.3, -0.25) is 4.79 Å². The first kappa shape index (κ1) is 13.2. The lowest BCUT2D eigenvalue weighted by atomic mass is 10.1. The molecule has 0 fully saturated rings. The number of anilines is 1. The summed E-state index contributed by atoms with van der Waals surface area (Å²) in [4.78, 5) is 14.1. The molecule has 1 aromatic carbocycles. The molecule has 2 aromatic rings. The summed E-state index contributed by atoms with van der Waals surface area (Å²) >= 11 is 0. The van der Waals surface area contributed by atoms with Gasteiger partial charge in [-0.15, -0.1) is 0 Å². The number of benzene rings is 1. The number of nitrogens with zero attached hydrogens (tertiary/aromatic N) is 3. The minimum absolute atomic E-state index is 0.0853. The molecular formula is C14H16N4O. The van der Waals surface area contributed by atoms with Crippen molar-refractivity contribution in [3.8, 4) is 0 Å². The van der Waals surface area contributed by atoms with Gasteiger partial charge in [-0.2, -0.15) is 10.2 Å². The maximum atomic E-state index is 12.4. The Labute approximate surface area is 112 Å². The van der Waals surface area contributed by atoms with Crippen molar-refractivity contribution in [1.29, 1.82) is 0 Å². The molecule has 0 spiro atoms. The third-order valence-corrected chi connectivity index (χ3v) is 2.88. The van der Waals surface area contributed by atoms with Gasteiger partial charge in [0.1, 0.15) is 0 Å². The lowest BCUT2D eigenvalue weighted by Crippen LogP contribution is -2.30. The van der Waals surface area contributed by atoms with Crippen LogP contribution in [0.2, 0.25) is 0 Å². The predicted molar refractivity (Wildman–Crippen MR) is 73.7 cm³/mol. The van der Waals surface area contributed by atoms with E-state index in [0.29, 0.717) is 18.7 Å². The Kier molecular flexibility index (Phi) is 4.20. The summed E-state index contributed by atoms with van der Waals surface area (Å²) in [5.74, 6) is -0.0853. The number of hydrogen-bond acceptors (Lipinski definition) is 4. The van der Waals surface area contributed by atoms with Crippen molar-refractivity contribution in [2.45, 2.75) is 13.5 Å². The first-order valence-electron chi connectivity index (χ1n) is 6.13. The van der Waals surface area contributed by atoms with Crippen LogP contribution in [0.15, 0.2) is 42.7 Å². The maximum Gasteiger partial charge on any atom is 0.259 e. The lowest BCUT2D eigenvalue weighted by molar-refractivity contribution is 0.0988. The van der Waals surface area contributed by atoms with Crippen LogP contribution in [-0.4, -0.2) is 22.6 Å². The van der Waals surface area contributed by atoms with Crippen molar-refractivity contribution in [2.75, 3.05) is 11.4 Å². The molecule has 0 saturated heterocycles. The zero-order chi connectivity index (χ0) is 13.7. The Bertz CT molecular complexity index is 539. The number of amides is 1. The van der Waals surface area contributed by atoms with Crippen LogP contribution in [0, 0.1) is 0 Å². The minimum atomic E-state index is -0.0853. The summed E-state index contributed by atoms with van der Waals surface area (Å²) in [7, 11) is 0. The molecule has 0 aliphatic carbocycles. The quantitative estimate of drug-likeness (QED) is 0.902. The fourth-order valence-corrected chi connectivity index (χ4v) is 1.83. The molecule has 98 valence electrons. The second-order valence-corrected chi connectivity index (χ2v) is 4.05. The molecule has 0 radical (unpaired) electrons. The second-order valence-electron chi connectivity index (χ2n) is 4.05. The van der Waals surface area contributed by atoms with Gasteiger partial charge >= 0.3 is 0 Å². The largest absolute Gasteiger partial charge is 0.326 e. The molecule has 0 bridgehead atoms. The Hall–Kier alpha value is -2.27. The fraction of sp³-hybridized carbons (Fsp3) is 0.214. The molecule has 2 N–H and O–H groups in total. The minimum Gasteiger partial charge on any atom is -0.326 e. The summed E-state index contributed by atoms with van der Waals surface area (Å²) < 4.78 is 0. The molecule has 19 heavy (non-hydrogen) atoms. The predicted octanol–water partition coefficient (Wildman–Crippen LogP) is 1.60. The number of carbonyl (C=O) groups excluding carboxylic acids is 1. The highest BCUT2D eigenvalue weighted by atomic mass is 16.2. The van der Waals surface area contributed by atoms with Crippen LogP contribution in [0.3, 0.4) is 0 Å². The zero-order valence-electron chi connectivity index (χ0n) is 10.8. The molecular weight excluding hydrogens is 240 g/mol. The Balaban J connectivity index is 2.26. The van der Waals surface area contributed by atoms with Gasteiger partial charge in [0.2, 0.25) is 0 Å². The number of hydrogen-bond donors (Lipinski definition) is 1. The second kappa shape index (κ2) is 6.06. The molecule has 0 saturated carbocycles. The summed E-state index contributed by atoms with van der Waals surface area (Å²) in [6, 6.07) is 9.31. The molecule has 1 amide bonds. The first-order valence-corrected chi connectivity index (χ1v) is 6.13. The Morgan fingerprint density at radius 2 is 1.95 bits per heavy atom. The van der Waals surface area contributed by atoms with Crippen molar-refractivity contribution in [1.82, 2.24) is 10.2 Å². The smallest absolute Gasteiger partial charge is 0.259 e. The SMILES string of the molecule is CCN(C(=O)c1ccnnc1)c1ccc(CN)cc1. The highest BCUT2D eigenvalue weighted by Gasteiger charge is 2.16. The Morgan fingerprint density at radius 1 is 1.21 bits per heavy atom. The van der Waals surface area contributed by atoms with Gasteiger partial charge in [0.15, 0.2) is 0 Å². The average molecular weight is 256 g/mol. The van der Waals surface area contributed by atoms with Crippen molar-refractivity contribution in [3.63, 3.8) is 0 Å². The summed E-state index contributed by atoms with van der Waals surface area (Å²) in [6.07, 6.45) is 2.98. The van der Waals surface area contributed by atoms with E-state index in [1.54, 1.807) is 11.0 Å². The topological polar surface area (TPSA) is 72.1 Å². The van der Waals surface area contributed by atoms with Crippen LogP contribution in [0.5, 0.6) is 0 Å². The summed E-state index contributed by atoms with van der Waals surface area (Å²) in [5.41, 5.74) is 7.98. The molecule has 0 aliphatic heterocycles. The summed E-state index contributed by atoms with van der Waals surface area (Å²) in [6.45, 7) is 3.01. The van der Waals surface area contributed by atoms with Crippen molar-refractivity contribution in [3.05, 3.63) is 53.9 Å². The van der Waals surface area contributed by atoms with E-state index in [1.165, 1.54) is 12.4 Å². The van der Waals surface area contributed by atoms with Crippen LogP contribution in [0.25, 0.3) is 0 Å². The highest BCUT2D eigenvalue weighted by molar-refractivity contribution is 6.05. The van der Waals surface area contributed by atoms with Gasteiger partial charge in [-0.25, -0.2) is 0 Å². The van der Waals surface area contributed by atoms with Gasteiger partial charge in [-0.05, 0) is 30.7 Å². The maximum absolute atomic E-state index is 12.4. The molecule has 1 aromatic heterocycles. The van der Waals surface area contributed by atoms with Gasteiger partial charge in [-0.1, -0.05) is 12.1 Å². The van der Waals surface area contributed by atoms with E-state index in [1.807, 2.05) is 31.2 Å². The zero-order valence-corrected chi connectivity index (χ0v) is 10.8. The standard InChI is InChI=1S/C14H16N4O/c1-2-18(13-5-3-11(9-15)4-6-13)14(19)12-7-8-16-17-10-12/h3-8,10H,2,9,15H2,1H3. The van der Waals surface area contributed by atoms with Crippen molar-refractivity contribution < 1.29 is 4.79 Å². The van der Waals surface area contributed by atoms with Gasteiger partial charge in [0.05, 0.1) is 18.0 Å². The van der Waals surface area contributed by atoms with E-state index in [0.717, 1.165) is 11.3 Å². The molecule has 1 heterocycles. The van der Waals surface area contributed by atoms with E-state index in [-0.39, 0.29) is 5.91 Å². The number of nitrogens with two attached hydrogens (primary N) is 1. The van der Waals surface area contributed by atoms with Gasteiger partial charge in [0, 0.05) is 18.8 Å². The van der Waals surface area contributed by atoms with Crippen LogP contribution in [-0.2, 0) is 6.54 Å². The van der Waals surface area contributed by atoms with E-state index < -0.39 is 0 Å². The molecule has 0 atom stereocenters. The summed E-state index contributed by atoms with van der Waals surface area (Å²) in [5, 5.41) is 7.40. The fourth-order valence-electron chi connectivity index (χ4n) is 1.83. The van der Waals surface area contributed by atoms with E-state index in [2.05, 4.69) is 10.2 Å². The van der Waals surface area contributed by atoms with Gasteiger partial charge in [0.25, 0.3) is 5.91 Å². The molecule has 0 unspecified atom stereocenters. The van der Waals surface area contributed by atoms with Crippen LogP contribution >= 0.6 is 0 Å². The van der Waals surface area contributed by atoms with Crippen LogP contribution < -0.4 is 10.6 Å². The third kappa shape index (κ3) is 2.95. The Morgan fingerprint density at radius 3 is 2.47 bits per heavy atom. The third-order valence-electron chi connectivity index (χ3n) is 2.88. The number of aromatic nitrogens is 2. The van der Waals surface area contributed by atoms with Crippen LogP contribution in [0.4, 0.5) is 5.69 Å². The average Bonchev–Trinajstić information content (AvgIpc) is 2.49. The van der Waals surface area contributed by atoms with E-state index in [9.17, 15) is 4.79 Å². The molecule has 5 heteroatoms. The number of carbonyl (C=O) groups is 1. The highest BCUT2D eigenvalue weighted by Crippen LogP contribution is 2.17. The van der Waals surface area contributed by atoms with Crippen molar-refractivity contribution in [2.24, 2.45) is 5.73 Å².